The molecule has 1 unspecified atom stereocenters. The molecule has 5 aromatic rings. The number of carbonyl (C=O) groups is 1. The molecule has 1 saturated heterocycles. The minimum absolute atomic E-state index is 0.00398. The van der Waals surface area contributed by atoms with Crippen molar-refractivity contribution in [2.45, 2.75) is 38.3 Å². The number of carbonyl (C=O) groups excluding carboxylic acids is 1. The van der Waals surface area contributed by atoms with Crippen LogP contribution in [-0.4, -0.2) is 54.9 Å². The first kappa shape index (κ1) is 35.1. The first-order valence-corrected chi connectivity index (χ1v) is 16.5. The molecule has 2 atom stereocenters. The summed E-state index contributed by atoms with van der Waals surface area (Å²) < 4.78 is 10.9. The van der Waals surface area contributed by atoms with Crippen LogP contribution in [0.5, 0.6) is 11.5 Å². The molecule has 1 aliphatic heterocycles. The Morgan fingerprint density at radius 3 is 2.00 bits per heavy atom. The van der Waals surface area contributed by atoms with Crippen LogP contribution in [0.3, 0.4) is 0 Å². The van der Waals surface area contributed by atoms with Gasteiger partial charge in [0.15, 0.2) is 11.5 Å². The maximum absolute atomic E-state index is 13.9. The number of nitrogens with zero attached hydrogens (tertiary/aromatic N) is 3. The molecule has 0 radical (unpaired) electrons. The largest absolute Gasteiger partial charge is 0.493 e. The van der Waals surface area contributed by atoms with Gasteiger partial charge in [-0.2, -0.15) is 4.98 Å². The molecule has 1 fully saturated rings. The average Bonchev–Trinajstić information content (AvgIpc) is 3.15. The number of aliphatic hydroxyl groups is 1. The summed E-state index contributed by atoms with van der Waals surface area (Å²) in [5.41, 5.74) is 15.3. The van der Waals surface area contributed by atoms with Gasteiger partial charge in [-0.05, 0) is 48.9 Å². The highest BCUT2D eigenvalue weighted by molar-refractivity contribution is 5.92. The highest BCUT2D eigenvalue weighted by Gasteiger charge is 2.42. The van der Waals surface area contributed by atoms with Crippen LogP contribution in [0.15, 0.2) is 103 Å². The minimum atomic E-state index is -0.542. The highest BCUT2D eigenvalue weighted by atomic mass is 16.5. The molecule has 0 bridgehead atoms. The Morgan fingerprint density at radius 1 is 0.878 bits per heavy atom. The predicted octanol–water partition coefficient (Wildman–Crippen LogP) is 5.61. The standard InChI is InChI=1S/C31H35N5O3.C8H11NO/c1-21(23-12-8-5-9-13-23)33-29(37)31(20-22-10-6-4-7-11-22)14-16-36(17-15-31)30-34-25-19-27(39-3)26(38-2)18-24(25)28(32)35-30;9-8(6-10)7-4-2-1-3-5-7/h4-13,18-19,21H,14-17,20H2,1-3H3,(H,33,37)(H2,32,34,35);1-5,8,10H,6,9H2/t21-;/m1./s1. The number of nitrogens with two attached hydrogens (primary N) is 2. The van der Waals surface area contributed by atoms with Crippen molar-refractivity contribution in [1.29, 1.82) is 0 Å². The van der Waals surface area contributed by atoms with Gasteiger partial charge in [0, 0.05) is 24.5 Å². The van der Waals surface area contributed by atoms with Crippen LogP contribution in [0, 0.1) is 5.41 Å². The molecular weight excluding hydrogens is 616 g/mol. The minimum Gasteiger partial charge on any atom is -0.493 e. The molecule has 256 valence electrons. The number of hydrogen-bond donors (Lipinski definition) is 4. The zero-order valence-corrected chi connectivity index (χ0v) is 28.4. The van der Waals surface area contributed by atoms with E-state index in [1.54, 1.807) is 20.3 Å². The monoisotopic (exact) mass is 662 g/mol. The van der Waals surface area contributed by atoms with Crippen LogP contribution in [0.25, 0.3) is 10.9 Å². The molecule has 10 heteroatoms. The second-order valence-corrected chi connectivity index (χ2v) is 12.4. The lowest BCUT2D eigenvalue weighted by Crippen LogP contribution is -2.51. The third kappa shape index (κ3) is 8.46. The Labute approximate surface area is 288 Å². The SMILES string of the molecule is COc1cc2nc(N3CCC(Cc4ccccc4)(C(=O)N[C@H](C)c4ccccc4)CC3)nc(N)c2cc1OC.NC(CO)c1ccccc1. The molecule has 2 heterocycles. The predicted molar refractivity (Wildman–Crippen MR) is 195 cm³/mol. The number of amides is 1. The van der Waals surface area contributed by atoms with Gasteiger partial charge in [-0.25, -0.2) is 4.98 Å². The van der Waals surface area contributed by atoms with Gasteiger partial charge in [0.2, 0.25) is 11.9 Å². The van der Waals surface area contributed by atoms with Crippen LogP contribution in [0.4, 0.5) is 11.8 Å². The van der Waals surface area contributed by atoms with E-state index in [-0.39, 0.29) is 24.6 Å². The quantitative estimate of drug-likeness (QED) is 0.150. The first-order valence-electron chi connectivity index (χ1n) is 16.5. The van der Waals surface area contributed by atoms with E-state index in [2.05, 4.69) is 27.3 Å². The van der Waals surface area contributed by atoms with Crippen molar-refractivity contribution >= 4 is 28.6 Å². The lowest BCUT2D eigenvalue weighted by atomic mass is 9.72. The first-order chi connectivity index (χ1) is 23.8. The van der Waals surface area contributed by atoms with Crippen LogP contribution in [0.2, 0.25) is 0 Å². The Bertz CT molecular complexity index is 1800. The maximum atomic E-state index is 13.9. The van der Waals surface area contributed by atoms with Crippen LogP contribution < -0.4 is 31.2 Å². The number of benzene rings is 4. The number of rotatable bonds is 10. The zero-order valence-electron chi connectivity index (χ0n) is 28.4. The van der Waals surface area contributed by atoms with Gasteiger partial charge < -0.3 is 36.3 Å². The van der Waals surface area contributed by atoms with E-state index >= 15 is 0 Å². The van der Waals surface area contributed by atoms with E-state index in [1.165, 1.54) is 0 Å². The second-order valence-electron chi connectivity index (χ2n) is 12.4. The number of fused-ring (bicyclic) bond motifs is 1. The molecule has 0 spiro atoms. The molecule has 4 aromatic carbocycles. The van der Waals surface area contributed by atoms with E-state index in [0.717, 1.165) is 16.7 Å². The smallest absolute Gasteiger partial charge is 0.227 e. The van der Waals surface area contributed by atoms with Gasteiger partial charge in [0.05, 0.1) is 43.8 Å². The molecule has 0 aliphatic carbocycles. The third-order valence-electron chi connectivity index (χ3n) is 9.16. The lowest BCUT2D eigenvalue weighted by molar-refractivity contribution is -0.133. The van der Waals surface area contributed by atoms with Gasteiger partial charge >= 0.3 is 0 Å². The molecule has 10 nitrogen and oxygen atoms in total. The summed E-state index contributed by atoms with van der Waals surface area (Å²) in [6.45, 7) is 3.31. The third-order valence-corrected chi connectivity index (χ3v) is 9.16. The van der Waals surface area contributed by atoms with E-state index in [0.29, 0.717) is 66.5 Å². The van der Waals surface area contributed by atoms with Gasteiger partial charge in [-0.15, -0.1) is 0 Å². The number of ether oxygens (including phenoxy) is 2. The molecule has 6 N–H and O–H groups in total. The number of nitrogens with one attached hydrogen (secondary N) is 1. The Balaban J connectivity index is 0.000000402. The summed E-state index contributed by atoms with van der Waals surface area (Å²) in [6, 6.07) is 33.2. The summed E-state index contributed by atoms with van der Waals surface area (Å²) in [4.78, 5) is 25.4. The second kappa shape index (κ2) is 16.3. The maximum Gasteiger partial charge on any atom is 0.227 e. The van der Waals surface area contributed by atoms with Gasteiger partial charge in [-0.1, -0.05) is 91.0 Å². The van der Waals surface area contributed by atoms with E-state index in [4.69, 9.17) is 31.0 Å². The van der Waals surface area contributed by atoms with Crippen molar-refractivity contribution in [3.8, 4) is 11.5 Å². The van der Waals surface area contributed by atoms with Gasteiger partial charge in [0.25, 0.3) is 0 Å². The lowest BCUT2D eigenvalue weighted by Gasteiger charge is -2.41. The van der Waals surface area contributed by atoms with Gasteiger partial charge in [-0.3, -0.25) is 4.79 Å². The number of piperidine rings is 1. The Kier molecular flexibility index (Phi) is 11.7. The van der Waals surface area contributed by atoms with Crippen molar-refractivity contribution in [3.63, 3.8) is 0 Å². The topological polar surface area (TPSA) is 149 Å². The van der Waals surface area contributed by atoms with Crippen LogP contribution >= 0.6 is 0 Å². The normalized spacial score (nSPS) is 15.0. The fourth-order valence-electron chi connectivity index (χ4n) is 6.19. The number of hydrogen-bond acceptors (Lipinski definition) is 9. The van der Waals surface area contributed by atoms with Crippen LogP contribution in [-0.2, 0) is 11.2 Å². The van der Waals surface area contributed by atoms with Crippen molar-refractivity contribution in [2.75, 3.05) is 44.5 Å². The van der Waals surface area contributed by atoms with E-state index in [9.17, 15) is 4.79 Å². The number of aromatic nitrogens is 2. The fraction of sp³-hybridized carbons (Fsp3) is 0.308. The summed E-state index contributed by atoms with van der Waals surface area (Å²) in [6.07, 6.45) is 2.01. The number of aliphatic hydroxyl groups excluding tert-OH is 1. The molecule has 1 aliphatic rings. The molecule has 1 aromatic heterocycles. The summed E-state index contributed by atoms with van der Waals surface area (Å²) in [7, 11) is 3.18. The van der Waals surface area contributed by atoms with Crippen molar-refractivity contribution in [1.82, 2.24) is 15.3 Å². The number of anilines is 2. The zero-order chi connectivity index (χ0) is 34.8. The summed E-state index contributed by atoms with van der Waals surface area (Å²) in [5.74, 6) is 2.18. The molecule has 49 heavy (non-hydrogen) atoms. The van der Waals surface area contributed by atoms with Gasteiger partial charge in [0.1, 0.15) is 5.82 Å². The Morgan fingerprint density at radius 2 is 1.43 bits per heavy atom. The molecule has 0 saturated carbocycles. The summed E-state index contributed by atoms with van der Waals surface area (Å²) in [5, 5.41) is 12.7. The highest BCUT2D eigenvalue weighted by Crippen LogP contribution is 2.39. The number of methoxy groups -OCH3 is 2. The van der Waals surface area contributed by atoms with Crippen LogP contribution in [0.1, 0.15) is 48.5 Å². The summed E-state index contributed by atoms with van der Waals surface area (Å²) >= 11 is 0. The molecular formula is C39H46N6O4. The van der Waals surface area contributed by atoms with E-state index < -0.39 is 5.41 Å². The average molecular weight is 663 g/mol. The van der Waals surface area contributed by atoms with Crippen molar-refractivity contribution in [2.24, 2.45) is 11.1 Å². The van der Waals surface area contributed by atoms with Crippen molar-refractivity contribution < 1.29 is 19.4 Å². The number of nitrogen functional groups attached to an aromatic ring is 1. The van der Waals surface area contributed by atoms with Crippen molar-refractivity contribution in [3.05, 3.63) is 120 Å². The van der Waals surface area contributed by atoms with E-state index in [1.807, 2.05) is 91.9 Å². The Hall–Kier alpha value is -5.19. The fourth-order valence-corrected chi connectivity index (χ4v) is 6.19. The molecule has 1 amide bonds. The molecule has 6 rings (SSSR count).